The predicted octanol–water partition coefficient (Wildman–Crippen LogP) is 4.58. The summed E-state index contributed by atoms with van der Waals surface area (Å²) in [5, 5.41) is 1.80. The highest BCUT2D eigenvalue weighted by Crippen LogP contribution is 2.38. The number of methoxy groups -OCH3 is 2. The monoisotopic (exact) mass is 517 g/mol. The molecule has 1 saturated heterocycles. The van der Waals surface area contributed by atoms with E-state index in [2.05, 4.69) is 21.6 Å². The number of nitrogens with zero attached hydrogens (tertiary/aromatic N) is 2. The van der Waals surface area contributed by atoms with E-state index in [9.17, 15) is 8.42 Å². The molecule has 3 aromatic carbocycles. The van der Waals surface area contributed by atoms with Crippen LogP contribution in [0.3, 0.4) is 0 Å². The lowest BCUT2D eigenvalue weighted by molar-refractivity contribution is 0.311. The molecule has 5 rings (SSSR count). The molecule has 0 radical (unpaired) electrons. The summed E-state index contributed by atoms with van der Waals surface area (Å²) in [6.07, 6.45) is 0. The van der Waals surface area contributed by atoms with Gasteiger partial charge in [0, 0.05) is 43.0 Å². The normalized spacial score (nSPS) is 14.7. The van der Waals surface area contributed by atoms with Crippen molar-refractivity contribution in [2.24, 2.45) is 0 Å². The zero-order valence-corrected chi connectivity index (χ0v) is 21.4. The highest BCUT2D eigenvalue weighted by atomic mass is 35.5. The number of hydrogen-bond acceptors (Lipinski definition) is 7. The maximum Gasteiger partial charge on any atom is 0.262 e. The van der Waals surface area contributed by atoms with E-state index in [0.717, 1.165) is 48.2 Å². The zero-order valence-electron chi connectivity index (χ0n) is 19.8. The van der Waals surface area contributed by atoms with Crippen LogP contribution in [0, 0.1) is 0 Å². The molecule has 0 amide bonds. The standard InChI is InChI=1S/C25H27N3O5S.ClH/c1-27-10-12-28(13-11-27)21-14-17(8-9-23(21)31-2)34(29,30)26-20-16-24-19(15-25(20)32-3)18-6-4-5-7-22(18)33-24;/h4-9,14-16,26H,10-13H2,1-3H3;1H. The molecule has 1 aliphatic rings. The molecule has 186 valence electrons. The second-order valence-corrected chi connectivity index (χ2v) is 10.1. The quantitative estimate of drug-likeness (QED) is 0.401. The fraction of sp³-hybridized carbons (Fsp3) is 0.280. The molecule has 0 bridgehead atoms. The Morgan fingerprint density at radius 1 is 0.857 bits per heavy atom. The number of ether oxygens (including phenoxy) is 2. The first kappa shape index (κ1) is 25.0. The van der Waals surface area contributed by atoms with E-state index in [1.54, 1.807) is 37.4 Å². The van der Waals surface area contributed by atoms with E-state index >= 15 is 0 Å². The number of nitrogens with one attached hydrogen (secondary N) is 1. The average Bonchev–Trinajstić information content (AvgIpc) is 3.20. The largest absolute Gasteiger partial charge is 0.495 e. The Morgan fingerprint density at radius 2 is 1.57 bits per heavy atom. The lowest BCUT2D eigenvalue weighted by atomic mass is 10.1. The Hall–Kier alpha value is -3.14. The summed E-state index contributed by atoms with van der Waals surface area (Å²) in [6, 6.07) is 16.0. The summed E-state index contributed by atoms with van der Waals surface area (Å²) in [6.45, 7) is 3.38. The Labute approximate surface area is 210 Å². The number of likely N-dealkylation sites (N-methyl/N-ethyl adjacent to an activating group) is 1. The summed E-state index contributed by atoms with van der Waals surface area (Å²) in [5.41, 5.74) is 2.38. The minimum atomic E-state index is -3.91. The van der Waals surface area contributed by atoms with Gasteiger partial charge in [0.25, 0.3) is 10.0 Å². The number of fused-ring (bicyclic) bond motifs is 3. The number of rotatable bonds is 6. The molecule has 1 aromatic heterocycles. The van der Waals surface area contributed by atoms with E-state index in [0.29, 0.717) is 22.8 Å². The maximum absolute atomic E-state index is 13.4. The SMILES string of the molecule is COc1cc2c(cc1NS(=O)(=O)c1ccc(OC)c(N3CCN(C)CC3)c1)oc1ccccc12.Cl. The Kier molecular flexibility index (Phi) is 7.02. The van der Waals surface area contributed by atoms with Crippen molar-refractivity contribution in [2.75, 3.05) is 57.1 Å². The molecule has 0 saturated carbocycles. The molecular weight excluding hydrogens is 490 g/mol. The Balaban J connectivity index is 0.00000289. The van der Waals surface area contributed by atoms with E-state index in [-0.39, 0.29) is 17.3 Å². The van der Waals surface area contributed by atoms with Crippen molar-refractivity contribution in [3.8, 4) is 11.5 Å². The summed E-state index contributed by atoms with van der Waals surface area (Å²) in [5.74, 6) is 1.06. The van der Waals surface area contributed by atoms with Crippen LogP contribution in [0.25, 0.3) is 21.9 Å². The molecule has 1 N–H and O–H groups in total. The fourth-order valence-electron chi connectivity index (χ4n) is 4.34. The molecule has 10 heteroatoms. The summed E-state index contributed by atoms with van der Waals surface area (Å²) in [7, 11) is 1.28. The minimum absolute atomic E-state index is 0. The number of furan rings is 1. The Bertz CT molecular complexity index is 1460. The summed E-state index contributed by atoms with van der Waals surface area (Å²) < 4.78 is 46.5. The van der Waals surface area contributed by atoms with Crippen LogP contribution in [0.1, 0.15) is 0 Å². The smallest absolute Gasteiger partial charge is 0.262 e. The van der Waals surface area contributed by atoms with Gasteiger partial charge in [-0.3, -0.25) is 4.72 Å². The van der Waals surface area contributed by atoms with Gasteiger partial charge in [-0.05, 0) is 37.4 Å². The van der Waals surface area contributed by atoms with Gasteiger partial charge in [-0.15, -0.1) is 12.4 Å². The van der Waals surface area contributed by atoms with Crippen molar-refractivity contribution >= 4 is 55.7 Å². The molecule has 2 heterocycles. The molecule has 0 atom stereocenters. The van der Waals surface area contributed by atoms with Gasteiger partial charge in [-0.1, -0.05) is 18.2 Å². The van der Waals surface area contributed by atoms with Crippen molar-refractivity contribution in [2.45, 2.75) is 4.90 Å². The molecule has 1 fully saturated rings. The van der Waals surface area contributed by atoms with Gasteiger partial charge >= 0.3 is 0 Å². The molecule has 35 heavy (non-hydrogen) atoms. The van der Waals surface area contributed by atoms with Crippen LogP contribution in [-0.4, -0.2) is 60.8 Å². The molecule has 4 aromatic rings. The fourth-order valence-corrected chi connectivity index (χ4v) is 5.42. The molecule has 8 nitrogen and oxygen atoms in total. The van der Waals surface area contributed by atoms with Gasteiger partial charge in [0.2, 0.25) is 0 Å². The maximum atomic E-state index is 13.4. The lowest BCUT2D eigenvalue weighted by Gasteiger charge is -2.34. The third kappa shape index (κ3) is 4.71. The number of hydrogen-bond donors (Lipinski definition) is 1. The van der Waals surface area contributed by atoms with Gasteiger partial charge in [-0.25, -0.2) is 8.42 Å². The number of piperazine rings is 1. The first-order chi connectivity index (χ1) is 16.4. The second kappa shape index (κ2) is 9.85. The third-order valence-electron chi connectivity index (χ3n) is 6.25. The number of benzene rings is 3. The molecule has 0 unspecified atom stereocenters. The van der Waals surface area contributed by atoms with Crippen molar-refractivity contribution in [3.63, 3.8) is 0 Å². The van der Waals surface area contributed by atoms with E-state index < -0.39 is 10.0 Å². The Morgan fingerprint density at radius 3 is 2.29 bits per heavy atom. The minimum Gasteiger partial charge on any atom is -0.495 e. The van der Waals surface area contributed by atoms with Gasteiger partial charge in [-0.2, -0.15) is 0 Å². The van der Waals surface area contributed by atoms with Crippen LogP contribution in [0.15, 0.2) is 63.9 Å². The van der Waals surface area contributed by atoms with Crippen LogP contribution in [0.4, 0.5) is 11.4 Å². The highest BCUT2D eigenvalue weighted by Gasteiger charge is 2.23. The lowest BCUT2D eigenvalue weighted by Crippen LogP contribution is -2.44. The molecule has 0 spiro atoms. The van der Waals surface area contributed by atoms with Crippen molar-refractivity contribution < 1.29 is 22.3 Å². The van der Waals surface area contributed by atoms with Crippen LogP contribution in [0.5, 0.6) is 11.5 Å². The van der Waals surface area contributed by atoms with Gasteiger partial charge < -0.3 is 23.7 Å². The average molecular weight is 518 g/mol. The van der Waals surface area contributed by atoms with Crippen LogP contribution >= 0.6 is 12.4 Å². The van der Waals surface area contributed by atoms with E-state index in [1.807, 2.05) is 24.3 Å². The van der Waals surface area contributed by atoms with Crippen LogP contribution < -0.4 is 19.1 Å². The zero-order chi connectivity index (χ0) is 23.9. The number of halogens is 1. The third-order valence-corrected chi connectivity index (χ3v) is 7.61. The number of sulfonamides is 1. The first-order valence-corrected chi connectivity index (χ1v) is 12.5. The van der Waals surface area contributed by atoms with E-state index in [4.69, 9.17) is 13.9 Å². The van der Waals surface area contributed by atoms with Crippen LogP contribution in [0.2, 0.25) is 0 Å². The van der Waals surface area contributed by atoms with Crippen molar-refractivity contribution in [1.29, 1.82) is 0 Å². The second-order valence-electron chi connectivity index (χ2n) is 8.38. The summed E-state index contributed by atoms with van der Waals surface area (Å²) in [4.78, 5) is 4.54. The van der Waals surface area contributed by atoms with Gasteiger partial charge in [0.05, 0.1) is 30.5 Å². The topological polar surface area (TPSA) is 84.2 Å². The molecular formula is C25H28ClN3O5S. The molecule has 0 aliphatic carbocycles. The van der Waals surface area contributed by atoms with Gasteiger partial charge in [0.1, 0.15) is 22.7 Å². The van der Waals surface area contributed by atoms with Crippen molar-refractivity contribution in [1.82, 2.24) is 4.90 Å². The van der Waals surface area contributed by atoms with Crippen molar-refractivity contribution in [3.05, 3.63) is 54.6 Å². The number of anilines is 2. The highest BCUT2D eigenvalue weighted by molar-refractivity contribution is 7.92. The summed E-state index contributed by atoms with van der Waals surface area (Å²) >= 11 is 0. The van der Waals surface area contributed by atoms with Gasteiger partial charge in [0.15, 0.2) is 0 Å². The van der Waals surface area contributed by atoms with Crippen LogP contribution in [-0.2, 0) is 10.0 Å². The molecule has 1 aliphatic heterocycles. The first-order valence-electron chi connectivity index (χ1n) is 11.0. The number of para-hydroxylation sites is 1. The predicted molar refractivity (Wildman–Crippen MR) is 141 cm³/mol. The van der Waals surface area contributed by atoms with E-state index in [1.165, 1.54) is 7.11 Å².